The van der Waals surface area contributed by atoms with Crippen LogP contribution in [0.15, 0.2) is 53.9 Å². The summed E-state index contributed by atoms with van der Waals surface area (Å²) in [4.78, 5) is 25.6. The molecule has 3 rings (SSSR count). The fraction of sp³-hybridized carbons (Fsp3) is 0.238. The zero-order chi connectivity index (χ0) is 19.4. The minimum absolute atomic E-state index is 0.112. The summed E-state index contributed by atoms with van der Waals surface area (Å²) in [6.07, 6.45) is 0. The summed E-state index contributed by atoms with van der Waals surface area (Å²) in [5, 5.41) is 4.79. The number of amides is 1. The predicted molar refractivity (Wildman–Crippen MR) is 106 cm³/mol. The summed E-state index contributed by atoms with van der Waals surface area (Å²) < 4.78 is 7.23. The zero-order valence-electron chi connectivity index (χ0n) is 15.6. The van der Waals surface area contributed by atoms with Gasteiger partial charge in [0.2, 0.25) is 0 Å². The molecule has 1 N–H and O–H groups in total. The minimum Gasteiger partial charge on any atom is -0.452 e. The summed E-state index contributed by atoms with van der Waals surface area (Å²) >= 11 is 1.57. The molecule has 1 amide bonds. The summed E-state index contributed by atoms with van der Waals surface area (Å²) in [5.41, 5.74) is 3.17. The van der Waals surface area contributed by atoms with E-state index in [4.69, 9.17) is 4.74 Å². The van der Waals surface area contributed by atoms with Crippen LogP contribution in [0.5, 0.6) is 0 Å². The molecule has 3 aromatic rings. The van der Waals surface area contributed by atoms with Crippen molar-refractivity contribution in [2.45, 2.75) is 26.8 Å². The van der Waals surface area contributed by atoms with E-state index in [2.05, 4.69) is 5.32 Å². The topological polar surface area (TPSA) is 60.3 Å². The number of hydrogen-bond acceptors (Lipinski definition) is 4. The van der Waals surface area contributed by atoms with Crippen LogP contribution in [-0.2, 0) is 9.53 Å². The van der Waals surface area contributed by atoms with Gasteiger partial charge in [0.05, 0.1) is 11.6 Å². The number of rotatable bonds is 6. The summed E-state index contributed by atoms with van der Waals surface area (Å²) in [6.45, 7) is 5.41. The second-order valence-electron chi connectivity index (χ2n) is 6.34. The Bertz CT molecular complexity index is 930. The minimum atomic E-state index is -0.496. The highest BCUT2D eigenvalue weighted by atomic mass is 32.1. The van der Waals surface area contributed by atoms with E-state index in [1.807, 2.05) is 73.2 Å². The average Bonchev–Trinajstić information content (AvgIpc) is 3.29. The number of nitrogens with zero attached hydrogens (tertiary/aromatic N) is 1. The van der Waals surface area contributed by atoms with Gasteiger partial charge < -0.3 is 14.6 Å². The predicted octanol–water partition coefficient (Wildman–Crippen LogP) is 4.19. The van der Waals surface area contributed by atoms with E-state index < -0.39 is 5.97 Å². The lowest BCUT2D eigenvalue weighted by molar-refractivity contribution is -0.124. The van der Waals surface area contributed by atoms with E-state index in [1.165, 1.54) is 0 Å². The number of hydrogen-bond donors (Lipinski definition) is 1. The summed E-state index contributed by atoms with van der Waals surface area (Å²) in [5.74, 6) is -0.815. The van der Waals surface area contributed by atoms with Crippen molar-refractivity contribution < 1.29 is 14.3 Å². The number of carbonyl (C=O) groups is 2. The van der Waals surface area contributed by atoms with Crippen molar-refractivity contribution in [1.82, 2.24) is 9.88 Å². The first-order valence-electron chi connectivity index (χ1n) is 8.71. The third kappa shape index (κ3) is 4.28. The maximum atomic E-state index is 12.5. The first-order chi connectivity index (χ1) is 13.0. The third-order valence-electron chi connectivity index (χ3n) is 4.35. The van der Waals surface area contributed by atoms with Crippen LogP contribution in [0.3, 0.4) is 0 Å². The Labute approximate surface area is 162 Å². The van der Waals surface area contributed by atoms with Gasteiger partial charge >= 0.3 is 5.97 Å². The number of esters is 1. The van der Waals surface area contributed by atoms with Crippen molar-refractivity contribution in [2.24, 2.45) is 0 Å². The molecule has 0 saturated heterocycles. The quantitative estimate of drug-likeness (QED) is 0.650. The molecule has 140 valence electrons. The molecule has 1 atom stereocenters. The van der Waals surface area contributed by atoms with Gasteiger partial charge in [0.1, 0.15) is 0 Å². The van der Waals surface area contributed by atoms with Gasteiger partial charge in [-0.15, -0.1) is 11.3 Å². The number of carbonyl (C=O) groups excluding carboxylic acids is 2. The van der Waals surface area contributed by atoms with E-state index in [-0.39, 0.29) is 18.6 Å². The Morgan fingerprint density at radius 2 is 1.89 bits per heavy atom. The van der Waals surface area contributed by atoms with Gasteiger partial charge in [-0.25, -0.2) is 4.79 Å². The number of nitrogens with one attached hydrogen (secondary N) is 1. The molecule has 1 aromatic carbocycles. The van der Waals surface area contributed by atoms with Crippen LogP contribution >= 0.6 is 11.3 Å². The summed E-state index contributed by atoms with van der Waals surface area (Å²) in [7, 11) is 0. The lowest BCUT2D eigenvalue weighted by Gasteiger charge is -2.12. The van der Waals surface area contributed by atoms with Crippen LogP contribution in [0.1, 0.15) is 39.6 Å². The normalized spacial score (nSPS) is 11.8. The maximum Gasteiger partial charge on any atom is 0.340 e. The lowest BCUT2D eigenvalue weighted by Crippen LogP contribution is -2.30. The van der Waals surface area contributed by atoms with Crippen LogP contribution in [0.25, 0.3) is 5.69 Å². The van der Waals surface area contributed by atoms with Gasteiger partial charge in [0.15, 0.2) is 6.61 Å². The van der Waals surface area contributed by atoms with E-state index in [0.29, 0.717) is 5.56 Å². The average molecular weight is 382 g/mol. The molecule has 0 aliphatic heterocycles. The van der Waals surface area contributed by atoms with Crippen molar-refractivity contribution in [1.29, 1.82) is 0 Å². The fourth-order valence-corrected chi connectivity index (χ4v) is 3.78. The van der Waals surface area contributed by atoms with Gasteiger partial charge in [-0.3, -0.25) is 4.79 Å². The molecule has 5 nitrogen and oxygen atoms in total. The molecule has 0 spiro atoms. The van der Waals surface area contributed by atoms with E-state index in [1.54, 1.807) is 17.4 Å². The monoisotopic (exact) mass is 382 g/mol. The standard InChI is InChI=1S/C21H22N2O3S/c1-14-12-18(16(3)23(14)17-8-5-4-6-9-17)21(25)26-13-20(24)22-15(2)19-10-7-11-27-19/h4-12,15H,13H2,1-3H3,(H,22,24)/t15-/m0/s1. The molecular weight excluding hydrogens is 360 g/mol. The largest absolute Gasteiger partial charge is 0.452 e. The SMILES string of the molecule is Cc1cc(C(=O)OCC(=O)N[C@@H](C)c2cccs2)c(C)n1-c1ccccc1. The zero-order valence-corrected chi connectivity index (χ0v) is 16.4. The summed E-state index contributed by atoms with van der Waals surface area (Å²) in [6, 6.07) is 15.4. The van der Waals surface area contributed by atoms with Crippen molar-refractivity contribution in [3.8, 4) is 5.69 Å². The van der Waals surface area contributed by atoms with E-state index >= 15 is 0 Å². The Kier molecular flexibility index (Phi) is 5.76. The highest BCUT2D eigenvalue weighted by molar-refractivity contribution is 7.10. The Morgan fingerprint density at radius 3 is 2.56 bits per heavy atom. The molecule has 0 fully saturated rings. The van der Waals surface area contributed by atoms with E-state index in [9.17, 15) is 9.59 Å². The van der Waals surface area contributed by atoms with Gasteiger partial charge in [-0.05, 0) is 50.4 Å². The molecule has 6 heteroatoms. The number of para-hydroxylation sites is 1. The van der Waals surface area contributed by atoms with Crippen LogP contribution in [-0.4, -0.2) is 23.1 Å². The Morgan fingerprint density at radius 1 is 1.15 bits per heavy atom. The molecule has 2 aromatic heterocycles. The maximum absolute atomic E-state index is 12.5. The molecule has 0 aliphatic carbocycles. The number of ether oxygens (including phenoxy) is 1. The third-order valence-corrected chi connectivity index (χ3v) is 5.40. The van der Waals surface area contributed by atoms with Crippen molar-refractivity contribution in [3.63, 3.8) is 0 Å². The number of benzene rings is 1. The Balaban J connectivity index is 1.64. The van der Waals surface area contributed by atoms with Gasteiger partial charge in [-0.1, -0.05) is 24.3 Å². The molecule has 0 aliphatic rings. The smallest absolute Gasteiger partial charge is 0.340 e. The van der Waals surface area contributed by atoms with Gasteiger partial charge in [0, 0.05) is 22.0 Å². The van der Waals surface area contributed by atoms with Crippen LogP contribution in [0.2, 0.25) is 0 Å². The number of aromatic nitrogens is 1. The molecule has 27 heavy (non-hydrogen) atoms. The number of thiophene rings is 1. The number of aryl methyl sites for hydroxylation is 1. The van der Waals surface area contributed by atoms with E-state index in [0.717, 1.165) is 22.0 Å². The molecule has 0 saturated carbocycles. The highest BCUT2D eigenvalue weighted by Gasteiger charge is 2.19. The molecule has 0 radical (unpaired) electrons. The molecule has 0 bridgehead atoms. The van der Waals surface area contributed by atoms with Gasteiger partial charge in [0.25, 0.3) is 5.91 Å². The molecule has 0 unspecified atom stereocenters. The highest BCUT2D eigenvalue weighted by Crippen LogP contribution is 2.21. The molecule has 2 heterocycles. The second-order valence-corrected chi connectivity index (χ2v) is 7.32. The lowest BCUT2D eigenvalue weighted by atomic mass is 10.2. The first kappa shape index (κ1) is 18.9. The van der Waals surface area contributed by atoms with Crippen molar-refractivity contribution >= 4 is 23.2 Å². The second kappa shape index (κ2) is 8.22. The fourth-order valence-electron chi connectivity index (χ4n) is 3.04. The van der Waals surface area contributed by atoms with Crippen molar-refractivity contribution in [2.75, 3.05) is 6.61 Å². The van der Waals surface area contributed by atoms with Crippen molar-refractivity contribution in [3.05, 3.63) is 75.7 Å². The van der Waals surface area contributed by atoms with Crippen LogP contribution in [0.4, 0.5) is 0 Å². The first-order valence-corrected chi connectivity index (χ1v) is 9.59. The van der Waals surface area contributed by atoms with Gasteiger partial charge in [-0.2, -0.15) is 0 Å². The van der Waals surface area contributed by atoms with Crippen LogP contribution < -0.4 is 5.32 Å². The Hall–Kier alpha value is -2.86. The van der Waals surface area contributed by atoms with Crippen LogP contribution in [0, 0.1) is 13.8 Å². The molecular formula is C21H22N2O3S.